The fraction of sp³-hybridized carbons (Fsp3) is 0.500. The van der Waals surface area contributed by atoms with Crippen LogP contribution in [0.4, 0.5) is 5.69 Å². The van der Waals surface area contributed by atoms with E-state index in [4.69, 9.17) is 0 Å². The summed E-state index contributed by atoms with van der Waals surface area (Å²) in [6.07, 6.45) is 2.67. The van der Waals surface area contributed by atoms with Crippen LogP contribution in [0.15, 0.2) is 35.2 Å². The number of carbonyl (C=O) groups is 1. The Morgan fingerprint density at radius 2 is 1.76 bits per heavy atom. The van der Waals surface area contributed by atoms with E-state index in [9.17, 15) is 13.2 Å². The van der Waals surface area contributed by atoms with Crippen molar-refractivity contribution in [3.8, 4) is 0 Å². The molecule has 0 bridgehead atoms. The lowest BCUT2D eigenvalue weighted by Gasteiger charge is -2.30. The molecule has 3 heterocycles. The third-order valence-corrected chi connectivity index (χ3v) is 8.50. The van der Waals surface area contributed by atoms with Crippen LogP contribution >= 0.6 is 0 Å². The first-order chi connectivity index (χ1) is 13.7. The standard InChI is InChI=1S/C22H29N3O3S/c1-15-9-11-24(12-10-15)22(26)20-14-21(17(3)23(20)4)29(27,28)25-16(2)13-18-7-5-6-8-19(18)25/h5-8,14-16H,9-13H2,1-4H3/t16-/m1/s1. The molecule has 0 spiro atoms. The van der Waals surface area contributed by atoms with Crippen LogP contribution in [0, 0.1) is 12.8 Å². The zero-order chi connectivity index (χ0) is 20.9. The van der Waals surface area contributed by atoms with E-state index in [1.807, 2.05) is 36.1 Å². The maximum absolute atomic E-state index is 13.6. The van der Waals surface area contributed by atoms with Crippen LogP contribution in [0.25, 0.3) is 0 Å². The van der Waals surface area contributed by atoms with Crippen LogP contribution in [0.3, 0.4) is 0 Å². The highest BCUT2D eigenvalue weighted by Gasteiger charge is 2.38. The Morgan fingerprint density at radius 3 is 2.45 bits per heavy atom. The van der Waals surface area contributed by atoms with Gasteiger partial charge in [0, 0.05) is 31.9 Å². The number of benzene rings is 1. The second-order valence-electron chi connectivity index (χ2n) is 8.50. The van der Waals surface area contributed by atoms with Crippen LogP contribution in [0.1, 0.15) is 48.4 Å². The first-order valence-corrected chi connectivity index (χ1v) is 11.7. The zero-order valence-electron chi connectivity index (χ0n) is 17.6. The number of hydrogen-bond acceptors (Lipinski definition) is 3. The molecule has 1 amide bonds. The van der Waals surface area contributed by atoms with E-state index in [-0.39, 0.29) is 16.8 Å². The Morgan fingerprint density at radius 1 is 1.10 bits per heavy atom. The van der Waals surface area contributed by atoms with Gasteiger partial charge in [-0.15, -0.1) is 0 Å². The molecule has 2 aliphatic rings. The molecular weight excluding hydrogens is 386 g/mol. The largest absolute Gasteiger partial charge is 0.343 e. The summed E-state index contributed by atoms with van der Waals surface area (Å²) in [5.41, 5.74) is 2.81. The van der Waals surface area contributed by atoms with Gasteiger partial charge >= 0.3 is 0 Å². The van der Waals surface area contributed by atoms with Gasteiger partial charge in [-0.1, -0.05) is 25.1 Å². The van der Waals surface area contributed by atoms with Crippen molar-refractivity contribution in [1.82, 2.24) is 9.47 Å². The number of carbonyl (C=O) groups excluding carboxylic acids is 1. The van der Waals surface area contributed by atoms with Crippen molar-refractivity contribution >= 4 is 21.6 Å². The van der Waals surface area contributed by atoms with E-state index in [1.54, 1.807) is 24.6 Å². The summed E-state index contributed by atoms with van der Waals surface area (Å²) in [6, 6.07) is 9.05. The number of anilines is 1. The average molecular weight is 416 g/mol. The lowest BCUT2D eigenvalue weighted by atomic mass is 9.99. The Balaban J connectivity index is 1.71. The number of amides is 1. The molecule has 4 rings (SSSR count). The molecule has 0 saturated carbocycles. The number of nitrogens with zero attached hydrogens (tertiary/aromatic N) is 3. The van der Waals surface area contributed by atoms with E-state index < -0.39 is 10.0 Å². The molecule has 1 fully saturated rings. The van der Waals surface area contributed by atoms with Crippen LogP contribution in [0.2, 0.25) is 0 Å². The van der Waals surface area contributed by atoms with Gasteiger partial charge in [0.1, 0.15) is 10.6 Å². The van der Waals surface area contributed by atoms with Crippen molar-refractivity contribution < 1.29 is 13.2 Å². The average Bonchev–Trinajstić information content (AvgIpc) is 3.19. The molecule has 0 radical (unpaired) electrons. The maximum atomic E-state index is 13.6. The number of aromatic nitrogens is 1. The second kappa shape index (κ2) is 7.20. The number of hydrogen-bond donors (Lipinski definition) is 0. The summed E-state index contributed by atoms with van der Waals surface area (Å²) in [7, 11) is -1.99. The Kier molecular flexibility index (Phi) is 4.97. The van der Waals surface area contributed by atoms with E-state index in [1.165, 1.54) is 4.31 Å². The third-order valence-electron chi connectivity index (χ3n) is 6.46. The fourth-order valence-corrected chi connectivity index (χ4v) is 6.49. The summed E-state index contributed by atoms with van der Waals surface area (Å²) >= 11 is 0. The predicted octanol–water partition coefficient (Wildman–Crippen LogP) is 3.35. The predicted molar refractivity (Wildman–Crippen MR) is 114 cm³/mol. The minimum Gasteiger partial charge on any atom is -0.343 e. The van der Waals surface area contributed by atoms with Crippen molar-refractivity contribution in [3.05, 3.63) is 47.3 Å². The van der Waals surface area contributed by atoms with Crippen molar-refractivity contribution in [2.45, 2.75) is 51.0 Å². The lowest BCUT2D eigenvalue weighted by molar-refractivity contribution is 0.0687. The van der Waals surface area contributed by atoms with E-state index in [2.05, 4.69) is 6.92 Å². The number of sulfonamides is 1. The quantitative estimate of drug-likeness (QED) is 0.772. The van der Waals surface area contributed by atoms with Crippen molar-refractivity contribution in [2.75, 3.05) is 17.4 Å². The van der Waals surface area contributed by atoms with Gasteiger partial charge in [0.05, 0.1) is 5.69 Å². The molecule has 1 aromatic heterocycles. The van der Waals surface area contributed by atoms with Crippen molar-refractivity contribution in [3.63, 3.8) is 0 Å². The topological polar surface area (TPSA) is 62.6 Å². The first kappa shape index (κ1) is 20.0. The van der Waals surface area contributed by atoms with E-state index in [0.29, 0.717) is 23.7 Å². The van der Waals surface area contributed by atoms with Crippen LogP contribution in [-0.2, 0) is 23.5 Å². The molecule has 1 atom stereocenters. The highest BCUT2D eigenvalue weighted by molar-refractivity contribution is 7.93. The number of piperidine rings is 1. The monoisotopic (exact) mass is 415 g/mol. The number of fused-ring (bicyclic) bond motifs is 1. The summed E-state index contributed by atoms with van der Waals surface area (Å²) in [5, 5.41) is 0. The minimum absolute atomic E-state index is 0.0844. The summed E-state index contributed by atoms with van der Waals surface area (Å²) in [5.74, 6) is 0.542. The Bertz CT molecular complexity index is 1050. The molecule has 29 heavy (non-hydrogen) atoms. The lowest BCUT2D eigenvalue weighted by Crippen LogP contribution is -2.38. The molecule has 7 heteroatoms. The maximum Gasteiger partial charge on any atom is 0.270 e. The summed E-state index contributed by atoms with van der Waals surface area (Å²) < 4.78 is 30.5. The molecule has 1 aromatic carbocycles. The first-order valence-electron chi connectivity index (χ1n) is 10.3. The molecule has 0 aliphatic carbocycles. The van der Waals surface area contributed by atoms with Gasteiger partial charge in [0.25, 0.3) is 15.9 Å². The Labute approximate surface area is 173 Å². The molecule has 0 unspecified atom stereocenters. The SMILES string of the molecule is Cc1c(S(=O)(=O)N2c3ccccc3C[C@H]2C)cc(C(=O)N2CCC(C)CC2)n1C. The fourth-order valence-electron chi connectivity index (χ4n) is 4.52. The molecule has 6 nitrogen and oxygen atoms in total. The van der Waals surface area contributed by atoms with Gasteiger partial charge in [-0.2, -0.15) is 0 Å². The highest BCUT2D eigenvalue weighted by Crippen LogP contribution is 2.37. The summed E-state index contributed by atoms with van der Waals surface area (Å²) in [6.45, 7) is 7.35. The third kappa shape index (κ3) is 3.25. The van der Waals surface area contributed by atoms with E-state index in [0.717, 1.165) is 37.2 Å². The minimum atomic E-state index is -3.76. The van der Waals surface area contributed by atoms with Gasteiger partial charge in [-0.25, -0.2) is 8.42 Å². The molecule has 156 valence electrons. The molecule has 0 N–H and O–H groups in total. The van der Waals surface area contributed by atoms with Gasteiger partial charge in [0.15, 0.2) is 0 Å². The normalized spacial score (nSPS) is 20.2. The number of likely N-dealkylation sites (tertiary alicyclic amines) is 1. The van der Waals surface area contributed by atoms with Crippen LogP contribution in [0.5, 0.6) is 0 Å². The Hall–Kier alpha value is -2.28. The van der Waals surface area contributed by atoms with Gasteiger partial charge < -0.3 is 9.47 Å². The zero-order valence-corrected chi connectivity index (χ0v) is 18.4. The van der Waals surface area contributed by atoms with Crippen molar-refractivity contribution in [2.24, 2.45) is 13.0 Å². The van der Waals surface area contributed by atoms with Gasteiger partial charge in [0.2, 0.25) is 0 Å². The van der Waals surface area contributed by atoms with Crippen LogP contribution in [-0.4, -0.2) is 42.9 Å². The van der Waals surface area contributed by atoms with Gasteiger partial charge in [-0.3, -0.25) is 9.10 Å². The second-order valence-corrected chi connectivity index (χ2v) is 10.3. The van der Waals surface area contributed by atoms with E-state index >= 15 is 0 Å². The van der Waals surface area contributed by atoms with Crippen molar-refractivity contribution in [1.29, 1.82) is 0 Å². The molecule has 2 aliphatic heterocycles. The smallest absolute Gasteiger partial charge is 0.270 e. The molecule has 2 aromatic rings. The number of para-hydroxylation sites is 1. The number of rotatable bonds is 3. The molecule has 1 saturated heterocycles. The summed E-state index contributed by atoms with van der Waals surface area (Å²) in [4.78, 5) is 15.2. The van der Waals surface area contributed by atoms with Crippen LogP contribution < -0.4 is 4.31 Å². The highest BCUT2D eigenvalue weighted by atomic mass is 32.2. The molecular formula is C22H29N3O3S. The van der Waals surface area contributed by atoms with Gasteiger partial charge in [-0.05, 0) is 56.7 Å².